The third-order valence-corrected chi connectivity index (χ3v) is 4.96. The van der Waals surface area contributed by atoms with Crippen LogP contribution in [-0.2, 0) is 6.54 Å². The molecule has 21 heavy (non-hydrogen) atoms. The second-order valence-corrected chi connectivity index (χ2v) is 7.89. The first kappa shape index (κ1) is 16.5. The summed E-state index contributed by atoms with van der Waals surface area (Å²) < 4.78 is 0. The first-order valence-corrected chi connectivity index (χ1v) is 8.32. The molecule has 2 rings (SSSR count). The Morgan fingerprint density at radius 3 is 2.14 bits per heavy atom. The molecule has 1 aromatic rings. The van der Waals surface area contributed by atoms with Crippen molar-refractivity contribution in [2.24, 2.45) is 5.41 Å². The Morgan fingerprint density at radius 2 is 1.62 bits per heavy atom. The van der Waals surface area contributed by atoms with Gasteiger partial charge >= 0.3 is 0 Å². The molecule has 0 heterocycles. The number of hydrogen-bond donors (Lipinski definition) is 2. The fourth-order valence-corrected chi connectivity index (χ4v) is 3.03. The summed E-state index contributed by atoms with van der Waals surface area (Å²) in [6.07, 6.45) is 4.07. The van der Waals surface area contributed by atoms with Gasteiger partial charge in [-0.2, -0.15) is 0 Å². The van der Waals surface area contributed by atoms with E-state index in [2.05, 4.69) is 57.3 Å². The molecule has 1 aliphatic rings. The van der Waals surface area contributed by atoms with E-state index in [0.29, 0.717) is 17.9 Å². The Hall–Kier alpha value is -0.860. The predicted octanol–water partition coefficient (Wildman–Crippen LogP) is 4.23. The SMILES string of the molecule is CC(C)c1ccc(CNCC2(O)CCC(C)(C)CC2)cc1. The van der Waals surface area contributed by atoms with E-state index < -0.39 is 5.60 Å². The van der Waals surface area contributed by atoms with Gasteiger partial charge in [0.25, 0.3) is 0 Å². The van der Waals surface area contributed by atoms with Gasteiger partial charge in [0.2, 0.25) is 0 Å². The van der Waals surface area contributed by atoms with E-state index in [-0.39, 0.29) is 0 Å². The summed E-state index contributed by atoms with van der Waals surface area (Å²) in [7, 11) is 0. The van der Waals surface area contributed by atoms with Gasteiger partial charge in [0.15, 0.2) is 0 Å². The van der Waals surface area contributed by atoms with Crippen LogP contribution in [0.15, 0.2) is 24.3 Å². The monoisotopic (exact) mass is 289 g/mol. The van der Waals surface area contributed by atoms with Crippen molar-refractivity contribution >= 4 is 0 Å². The average molecular weight is 289 g/mol. The van der Waals surface area contributed by atoms with Crippen molar-refractivity contribution in [3.05, 3.63) is 35.4 Å². The second-order valence-electron chi connectivity index (χ2n) is 7.89. The van der Waals surface area contributed by atoms with Crippen molar-refractivity contribution in [3.8, 4) is 0 Å². The van der Waals surface area contributed by atoms with Crippen LogP contribution in [0.5, 0.6) is 0 Å². The third-order valence-electron chi connectivity index (χ3n) is 4.96. The van der Waals surface area contributed by atoms with Crippen LogP contribution in [0.25, 0.3) is 0 Å². The van der Waals surface area contributed by atoms with Gasteiger partial charge in [0.1, 0.15) is 0 Å². The molecule has 118 valence electrons. The lowest BCUT2D eigenvalue weighted by Gasteiger charge is -2.40. The minimum atomic E-state index is -0.507. The highest BCUT2D eigenvalue weighted by atomic mass is 16.3. The maximum Gasteiger partial charge on any atom is 0.0772 e. The molecular formula is C19H31NO. The molecule has 0 radical (unpaired) electrons. The summed E-state index contributed by atoms with van der Waals surface area (Å²) in [5.41, 5.74) is 2.57. The van der Waals surface area contributed by atoms with Crippen LogP contribution in [-0.4, -0.2) is 17.3 Å². The normalized spacial score (nSPS) is 20.7. The highest BCUT2D eigenvalue weighted by molar-refractivity contribution is 5.24. The molecule has 0 saturated heterocycles. The maximum absolute atomic E-state index is 10.6. The Bertz CT molecular complexity index is 437. The molecule has 0 bridgehead atoms. The zero-order valence-electron chi connectivity index (χ0n) is 14.1. The largest absolute Gasteiger partial charge is 0.389 e. The van der Waals surface area contributed by atoms with E-state index in [9.17, 15) is 5.11 Å². The lowest BCUT2D eigenvalue weighted by atomic mass is 9.71. The minimum Gasteiger partial charge on any atom is -0.389 e. The van der Waals surface area contributed by atoms with Crippen molar-refractivity contribution < 1.29 is 5.11 Å². The highest BCUT2D eigenvalue weighted by Gasteiger charge is 2.36. The predicted molar refractivity (Wildman–Crippen MR) is 89.4 cm³/mol. The van der Waals surface area contributed by atoms with Gasteiger partial charge in [0, 0.05) is 13.1 Å². The fourth-order valence-electron chi connectivity index (χ4n) is 3.03. The van der Waals surface area contributed by atoms with Gasteiger partial charge in [0.05, 0.1) is 5.60 Å². The van der Waals surface area contributed by atoms with Gasteiger partial charge in [-0.05, 0) is 48.1 Å². The zero-order chi connectivity index (χ0) is 15.5. The topological polar surface area (TPSA) is 32.3 Å². The first-order chi connectivity index (χ1) is 9.80. The van der Waals surface area contributed by atoms with E-state index in [0.717, 1.165) is 32.2 Å². The summed E-state index contributed by atoms with van der Waals surface area (Å²) in [6, 6.07) is 8.80. The molecule has 1 aliphatic carbocycles. The number of aliphatic hydroxyl groups is 1. The third kappa shape index (κ3) is 4.82. The van der Waals surface area contributed by atoms with Gasteiger partial charge < -0.3 is 10.4 Å². The van der Waals surface area contributed by atoms with Crippen LogP contribution >= 0.6 is 0 Å². The Balaban J connectivity index is 1.79. The summed E-state index contributed by atoms with van der Waals surface area (Å²) in [5.74, 6) is 0.582. The van der Waals surface area contributed by atoms with Crippen LogP contribution < -0.4 is 5.32 Å². The maximum atomic E-state index is 10.6. The van der Waals surface area contributed by atoms with Gasteiger partial charge in [-0.15, -0.1) is 0 Å². The summed E-state index contributed by atoms with van der Waals surface area (Å²) >= 11 is 0. The van der Waals surface area contributed by atoms with Crippen LogP contribution in [0, 0.1) is 5.41 Å². The Kier molecular flexibility index (Phi) is 5.11. The number of nitrogens with one attached hydrogen (secondary N) is 1. The van der Waals surface area contributed by atoms with Crippen molar-refractivity contribution in [1.82, 2.24) is 5.32 Å². The molecule has 2 nitrogen and oxygen atoms in total. The summed E-state index contributed by atoms with van der Waals surface area (Å²) in [5, 5.41) is 14.1. The number of hydrogen-bond acceptors (Lipinski definition) is 2. The molecule has 2 N–H and O–H groups in total. The average Bonchev–Trinajstić information content (AvgIpc) is 2.43. The lowest BCUT2D eigenvalue weighted by Crippen LogP contribution is -2.44. The summed E-state index contributed by atoms with van der Waals surface area (Å²) in [4.78, 5) is 0. The number of rotatable bonds is 5. The Labute approximate surface area is 130 Å². The fraction of sp³-hybridized carbons (Fsp3) is 0.684. The molecule has 0 unspecified atom stereocenters. The molecule has 1 fully saturated rings. The second kappa shape index (κ2) is 6.50. The van der Waals surface area contributed by atoms with E-state index in [1.807, 2.05) is 0 Å². The van der Waals surface area contributed by atoms with E-state index >= 15 is 0 Å². The van der Waals surface area contributed by atoms with Gasteiger partial charge in [-0.1, -0.05) is 52.0 Å². The van der Waals surface area contributed by atoms with Crippen molar-refractivity contribution in [3.63, 3.8) is 0 Å². The molecule has 0 amide bonds. The quantitative estimate of drug-likeness (QED) is 0.850. The smallest absolute Gasteiger partial charge is 0.0772 e. The zero-order valence-corrected chi connectivity index (χ0v) is 14.1. The van der Waals surface area contributed by atoms with Gasteiger partial charge in [-0.3, -0.25) is 0 Å². The molecule has 0 atom stereocenters. The minimum absolute atomic E-state index is 0.402. The molecule has 0 aromatic heterocycles. The van der Waals surface area contributed by atoms with Crippen LogP contribution in [0.4, 0.5) is 0 Å². The molecule has 1 saturated carbocycles. The van der Waals surface area contributed by atoms with E-state index in [1.54, 1.807) is 0 Å². The van der Waals surface area contributed by atoms with E-state index in [1.165, 1.54) is 11.1 Å². The molecule has 1 aromatic carbocycles. The molecule has 2 heteroatoms. The highest BCUT2D eigenvalue weighted by Crippen LogP contribution is 2.39. The van der Waals surface area contributed by atoms with Crippen molar-refractivity contribution in [2.45, 2.75) is 71.4 Å². The van der Waals surface area contributed by atoms with Crippen LogP contribution in [0.3, 0.4) is 0 Å². The summed E-state index contributed by atoms with van der Waals surface area (Å²) in [6.45, 7) is 10.6. The van der Waals surface area contributed by atoms with Crippen LogP contribution in [0.2, 0.25) is 0 Å². The first-order valence-electron chi connectivity index (χ1n) is 8.32. The number of benzene rings is 1. The Morgan fingerprint density at radius 1 is 1.05 bits per heavy atom. The molecule has 0 spiro atoms. The molecular weight excluding hydrogens is 258 g/mol. The van der Waals surface area contributed by atoms with Gasteiger partial charge in [-0.25, -0.2) is 0 Å². The van der Waals surface area contributed by atoms with Crippen LogP contribution in [0.1, 0.15) is 70.4 Å². The van der Waals surface area contributed by atoms with Crippen molar-refractivity contribution in [1.29, 1.82) is 0 Å². The molecule has 0 aliphatic heterocycles. The van der Waals surface area contributed by atoms with Crippen molar-refractivity contribution in [2.75, 3.05) is 6.54 Å². The lowest BCUT2D eigenvalue weighted by molar-refractivity contribution is -0.0245. The van der Waals surface area contributed by atoms with E-state index in [4.69, 9.17) is 0 Å². The standard InChI is InChI=1S/C19H31NO/c1-15(2)17-7-5-16(6-8-17)13-20-14-19(21)11-9-18(3,4)10-12-19/h5-8,15,20-21H,9-14H2,1-4H3.